The van der Waals surface area contributed by atoms with Gasteiger partial charge in [0.1, 0.15) is 36.0 Å². The summed E-state index contributed by atoms with van der Waals surface area (Å²) in [7, 11) is 0. The van der Waals surface area contributed by atoms with Crippen molar-refractivity contribution in [2.45, 2.75) is 308 Å². The molecule has 1 saturated heterocycles. The molecule has 0 spiro atoms. The maximum absolute atomic E-state index is 13.7. The molecule has 9 nitrogen and oxygen atoms in total. The summed E-state index contributed by atoms with van der Waals surface area (Å²) in [6, 6.07) is 0. The monoisotopic (exact) mass is 866 g/mol. The van der Waals surface area contributed by atoms with E-state index in [9.17, 15) is 34.8 Å². The topological polar surface area (TPSA) is 145 Å². The Balaban J connectivity index is 2.57. The Labute approximate surface area is 375 Å². The number of hydrogen-bond donors (Lipinski definition) is 4. The van der Waals surface area contributed by atoms with Crippen LogP contribution in [0.3, 0.4) is 0 Å². The molecule has 0 aromatic heterocycles. The fraction of sp³-hybridized carbons (Fsp3) is 0.942. The first-order chi connectivity index (χ1) is 29.7. The molecule has 1 rings (SSSR count). The Morgan fingerprint density at radius 2 is 0.803 bits per heavy atom. The molecule has 0 aliphatic carbocycles. The molecule has 1 heterocycles. The largest absolute Gasteiger partial charge is 0.390 e. The lowest BCUT2D eigenvalue weighted by molar-refractivity contribution is -0.273. The highest BCUT2D eigenvalue weighted by atomic mass is 16.6. The lowest BCUT2D eigenvalue weighted by Gasteiger charge is -2.46. The standard InChI is InChI=1S/C52H99NO8/c1-4-7-10-12-14-16-18-20-22-24-26-28-30-32-34-36-39-46(56)51-49(59)48(58)50(60)52(61-51)53(47(57)43-45(55)41-40-44(54)38-9-6-3)42-37-35-33-31-29-27-25-23-21-19-17-15-13-11-8-5-2/h46,48-52,56,58-60H,4-43H2,1-3H3/t46?,48-,49-,50+,51+,52+/m0/s1. The number of unbranched alkanes of at least 4 members (excludes halogenated alkanes) is 31. The zero-order valence-electron chi connectivity index (χ0n) is 40.1. The first kappa shape index (κ1) is 57.6. The third-order valence-corrected chi connectivity index (χ3v) is 13.1. The minimum Gasteiger partial charge on any atom is -0.390 e. The highest BCUT2D eigenvalue weighted by Gasteiger charge is 2.49. The zero-order valence-corrected chi connectivity index (χ0v) is 40.1. The van der Waals surface area contributed by atoms with E-state index in [2.05, 4.69) is 13.8 Å². The first-order valence-electron chi connectivity index (χ1n) is 26.4. The molecule has 0 saturated carbocycles. The molecule has 0 radical (unpaired) electrons. The second-order valence-corrected chi connectivity index (χ2v) is 18.9. The highest BCUT2D eigenvalue weighted by molar-refractivity contribution is 5.99. The number of aliphatic hydroxyl groups is 4. The van der Waals surface area contributed by atoms with E-state index in [4.69, 9.17) is 4.74 Å². The first-order valence-corrected chi connectivity index (χ1v) is 26.4. The second kappa shape index (κ2) is 40.1. The molecule has 1 amide bonds. The van der Waals surface area contributed by atoms with Crippen LogP contribution >= 0.6 is 0 Å². The summed E-state index contributed by atoms with van der Waals surface area (Å²) in [4.78, 5) is 40.2. The lowest BCUT2D eigenvalue weighted by atomic mass is 9.91. The predicted octanol–water partition coefficient (Wildman–Crippen LogP) is 12.4. The summed E-state index contributed by atoms with van der Waals surface area (Å²) in [6.45, 7) is 6.74. The summed E-state index contributed by atoms with van der Waals surface area (Å²) < 4.78 is 6.14. The number of ether oxygens (including phenoxy) is 1. The molecule has 61 heavy (non-hydrogen) atoms. The zero-order chi connectivity index (χ0) is 44.8. The maximum atomic E-state index is 13.7. The van der Waals surface area contributed by atoms with Gasteiger partial charge in [-0.2, -0.15) is 0 Å². The molecule has 1 aliphatic rings. The molecule has 360 valence electrons. The summed E-state index contributed by atoms with van der Waals surface area (Å²) in [6.07, 6.45) is 33.1. The number of carbonyl (C=O) groups excluding carboxylic acids is 3. The fourth-order valence-corrected chi connectivity index (χ4v) is 8.89. The van der Waals surface area contributed by atoms with Crippen molar-refractivity contribution in [3.05, 3.63) is 0 Å². The molecular weight excluding hydrogens is 767 g/mol. The normalized spacial score (nSPS) is 19.6. The van der Waals surface area contributed by atoms with Gasteiger partial charge in [-0.25, -0.2) is 0 Å². The van der Waals surface area contributed by atoms with Gasteiger partial charge in [0.2, 0.25) is 5.91 Å². The van der Waals surface area contributed by atoms with Gasteiger partial charge in [-0.3, -0.25) is 14.4 Å². The van der Waals surface area contributed by atoms with Crippen molar-refractivity contribution in [1.82, 2.24) is 4.90 Å². The van der Waals surface area contributed by atoms with Crippen molar-refractivity contribution in [2.75, 3.05) is 6.54 Å². The van der Waals surface area contributed by atoms with Gasteiger partial charge < -0.3 is 30.1 Å². The van der Waals surface area contributed by atoms with Crippen LogP contribution in [0.25, 0.3) is 0 Å². The Hall–Kier alpha value is -1.39. The van der Waals surface area contributed by atoms with Gasteiger partial charge in [0, 0.05) is 25.8 Å². The van der Waals surface area contributed by atoms with E-state index in [-0.39, 0.29) is 31.0 Å². The van der Waals surface area contributed by atoms with Crippen molar-refractivity contribution in [3.8, 4) is 0 Å². The van der Waals surface area contributed by atoms with Crippen molar-refractivity contribution in [2.24, 2.45) is 0 Å². The van der Waals surface area contributed by atoms with Gasteiger partial charge in [-0.15, -0.1) is 0 Å². The number of nitrogens with zero attached hydrogens (tertiary/aromatic N) is 1. The van der Waals surface area contributed by atoms with Crippen LogP contribution < -0.4 is 0 Å². The van der Waals surface area contributed by atoms with Crippen molar-refractivity contribution >= 4 is 17.5 Å². The number of hydrogen-bond acceptors (Lipinski definition) is 8. The minimum absolute atomic E-state index is 0.0111. The summed E-state index contributed by atoms with van der Waals surface area (Å²) in [5.74, 6) is -0.875. The average molecular weight is 866 g/mol. The van der Waals surface area contributed by atoms with Crippen LogP contribution in [0.1, 0.15) is 271 Å². The van der Waals surface area contributed by atoms with Crippen LogP contribution in [-0.2, 0) is 19.1 Å². The van der Waals surface area contributed by atoms with Gasteiger partial charge in [0.05, 0.1) is 12.5 Å². The SMILES string of the molecule is CCCCCCCCCCCCCCCCCCC(O)[C@H]1O[C@@H](N(CCCCCCCCCCCCCCCCCC)C(=O)CC(=O)CCC(=O)CCCC)[C@H](O)[C@@H](O)[C@@H]1O. The van der Waals surface area contributed by atoms with Gasteiger partial charge >= 0.3 is 0 Å². The molecule has 9 heteroatoms. The van der Waals surface area contributed by atoms with Crippen LogP contribution in [0, 0.1) is 0 Å². The molecule has 1 fully saturated rings. The van der Waals surface area contributed by atoms with E-state index in [1.54, 1.807) is 0 Å². The van der Waals surface area contributed by atoms with Crippen molar-refractivity contribution in [1.29, 1.82) is 0 Å². The summed E-state index contributed by atoms with van der Waals surface area (Å²) in [5.41, 5.74) is 0. The van der Waals surface area contributed by atoms with Crippen molar-refractivity contribution < 1.29 is 39.5 Å². The van der Waals surface area contributed by atoms with E-state index in [1.165, 1.54) is 159 Å². The minimum atomic E-state index is -1.63. The number of Topliss-reactive ketones (excluding diaryl/α,β-unsaturated/α-hetero) is 2. The van der Waals surface area contributed by atoms with Gasteiger partial charge in [-0.1, -0.05) is 226 Å². The Morgan fingerprint density at radius 3 is 1.21 bits per heavy atom. The van der Waals surface area contributed by atoms with Crippen molar-refractivity contribution in [3.63, 3.8) is 0 Å². The summed E-state index contributed by atoms with van der Waals surface area (Å²) >= 11 is 0. The van der Waals surface area contributed by atoms with Crippen LogP contribution in [0.4, 0.5) is 0 Å². The molecule has 0 aromatic carbocycles. The maximum Gasteiger partial charge on any atom is 0.232 e. The Morgan fingerprint density at radius 1 is 0.443 bits per heavy atom. The number of ketones is 2. The molecule has 4 N–H and O–H groups in total. The molecule has 1 aliphatic heterocycles. The van der Waals surface area contributed by atoms with E-state index >= 15 is 0 Å². The summed E-state index contributed by atoms with van der Waals surface area (Å²) in [5, 5.41) is 44.2. The lowest BCUT2D eigenvalue weighted by Crippen LogP contribution is -2.65. The second-order valence-electron chi connectivity index (χ2n) is 18.9. The number of rotatable bonds is 44. The molecule has 0 bridgehead atoms. The van der Waals surface area contributed by atoms with E-state index in [0.717, 1.165) is 57.8 Å². The fourth-order valence-electron chi connectivity index (χ4n) is 8.89. The van der Waals surface area contributed by atoms with Crippen LogP contribution in [0.5, 0.6) is 0 Å². The van der Waals surface area contributed by atoms with E-state index < -0.39 is 49.1 Å². The Kier molecular flexibility index (Phi) is 37.9. The predicted molar refractivity (Wildman–Crippen MR) is 252 cm³/mol. The number of aliphatic hydroxyl groups excluding tert-OH is 4. The average Bonchev–Trinajstić information content (AvgIpc) is 3.25. The Bertz CT molecular complexity index is 1040. The van der Waals surface area contributed by atoms with E-state index in [1.807, 2.05) is 6.92 Å². The van der Waals surface area contributed by atoms with E-state index in [0.29, 0.717) is 19.3 Å². The van der Waals surface area contributed by atoms with Gasteiger partial charge in [0.25, 0.3) is 0 Å². The number of amides is 1. The molecular formula is C52H99NO8. The van der Waals surface area contributed by atoms with Crippen LogP contribution in [0.2, 0.25) is 0 Å². The quantitative estimate of drug-likeness (QED) is 0.0350. The van der Waals surface area contributed by atoms with Gasteiger partial charge in [-0.05, 0) is 19.3 Å². The highest BCUT2D eigenvalue weighted by Crippen LogP contribution is 2.29. The molecule has 1 unspecified atom stereocenters. The molecule has 6 atom stereocenters. The third kappa shape index (κ3) is 29.6. The third-order valence-electron chi connectivity index (χ3n) is 13.1. The van der Waals surface area contributed by atoms with Crippen LogP contribution in [-0.4, -0.2) is 86.1 Å². The smallest absolute Gasteiger partial charge is 0.232 e. The van der Waals surface area contributed by atoms with Gasteiger partial charge in [0.15, 0.2) is 6.23 Å². The van der Waals surface area contributed by atoms with Crippen LogP contribution in [0.15, 0.2) is 0 Å². The molecule has 0 aromatic rings. The number of carbonyl (C=O) groups is 3.